The maximum absolute atomic E-state index is 9.04. The van der Waals surface area contributed by atoms with Crippen LogP contribution in [-0.4, -0.2) is 24.8 Å². The number of halogens is 1. The zero-order valence-corrected chi connectivity index (χ0v) is 9.61. The number of hydrogen-bond acceptors (Lipinski definition) is 3. The molecule has 0 saturated heterocycles. The number of anilines is 1. The second-order valence-electron chi connectivity index (χ2n) is 3.20. The van der Waals surface area contributed by atoms with Gasteiger partial charge in [0.25, 0.3) is 0 Å². The molecule has 0 aliphatic heterocycles. The Bertz CT molecular complexity index is 412. The summed E-state index contributed by atoms with van der Waals surface area (Å²) in [6.45, 7) is 4.68. The van der Waals surface area contributed by atoms with Gasteiger partial charge in [0.15, 0.2) is 0 Å². The highest BCUT2D eigenvalue weighted by molar-refractivity contribution is 6.32. The van der Waals surface area contributed by atoms with E-state index in [0.717, 1.165) is 5.69 Å². The van der Waals surface area contributed by atoms with Crippen molar-refractivity contribution in [3.05, 3.63) is 41.4 Å². The highest BCUT2D eigenvalue weighted by Gasteiger charge is 2.11. The third-order valence-corrected chi connectivity index (χ3v) is 2.48. The van der Waals surface area contributed by atoms with Crippen molar-refractivity contribution in [1.29, 1.82) is 5.26 Å². The van der Waals surface area contributed by atoms with Crippen LogP contribution in [-0.2, 0) is 0 Å². The molecule has 1 aromatic carbocycles. The van der Waals surface area contributed by atoms with Gasteiger partial charge in [-0.05, 0) is 12.1 Å². The molecule has 16 heavy (non-hydrogen) atoms. The second-order valence-corrected chi connectivity index (χ2v) is 3.61. The Balaban J connectivity index is 3.13. The minimum atomic E-state index is 0.0191. The van der Waals surface area contributed by atoms with Crippen LogP contribution in [0.15, 0.2) is 30.9 Å². The summed E-state index contributed by atoms with van der Waals surface area (Å²) < 4.78 is 0. The lowest BCUT2D eigenvalue weighted by Gasteiger charge is -2.23. The summed E-state index contributed by atoms with van der Waals surface area (Å²) in [5.41, 5.74) is 1.16. The van der Waals surface area contributed by atoms with E-state index in [9.17, 15) is 0 Å². The Morgan fingerprint density at radius 1 is 1.56 bits per heavy atom. The van der Waals surface area contributed by atoms with Crippen LogP contribution in [0.3, 0.4) is 0 Å². The molecule has 0 aliphatic carbocycles. The quantitative estimate of drug-likeness (QED) is 0.798. The van der Waals surface area contributed by atoms with E-state index < -0.39 is 0 Å². The molecule has 3 nitrogen and oxygen atoms in total. The molecule has 0 bridgehead atoms. The summed E-state index contributed by atoms with van der Waals surface area (Å²) in [7, 11) is 0. The molecule has 4 heteroatoms. The molecule has 0 amide bonds. The molecule has 1 aromatic rings. The number of rotatable bonds is 5. The van der Waals surface area contributed by atoms with E-state index in [-0.39, 0.29) is 6.61 Å². The molecule has 0 aromatic heterocycles. The van der Waals surface area contributed by atoms with Crippen LogP contribution in [0.4, 0.5) is 5.69 Å². The molecule has 0 fully saturated rings. The van der Waals surface area contributed by atoms with Crippen molar-refractivity contribution in [2.24, 2.45) is 0 Å². The Hall–Kier alpha value is -1.50. The lowest BCUT2D eigenvalue weighted by atomic mass is 10.1. The van der Waals surface area contributed by atoms with Gasteiger partial charge in [0.05, 0.1) is 22.9 Å². The van der Waals surface area contributed by atoms with E-state index in [2.05, 4.69) is 12.6 Å². The SMILES string of the molecule is C=CCN(CCO)c1cccc(Cl)c1C#N. The van der Waals surface area contributed by atoms with Gasteiger partial charge in [0.2, 0.25) is 0 Å². The summed E-state index contributed by atoms with van der Waals surface area (Å²) in [6, 6.07) is 7.34. The van der Waals surface area contributed by atoms with E-state index in [1.807, 2.05) is 11.0 Å². The molecule has 0 saturated carbocycles. The number of aliphatic hydroxyl groups is 1. The van der Waals surface area contributed by atoms with Gasteiger partial charge >= 0.3 is 0 Å². The van der Waals surface area contributed by atoms with Gasteiger partial charge in [0, 0.05) is 13.1 Å². The summed E-state index contributed by atoms with van der Waals surface area (Å²) in [6.07, 6.45) is 1.72. The fourth-order valence-corrected chi connectivity index (χ4v) is 1.69. The molecular weight excluding hydrogens is 224 g/mol. The molecule has 0 heterocycles. The van der Waals surface area contributed by atoms with Crippen LogP contribution in [0.5, 0.6) is 0 Å². The van der Waals surface area contributed by atoms with Crippen LogP contribution in [0.25, 0.3) is 0 Å². The van der Waals surface area contributed by atoms with Crippen molar-refractivity contribution < 1.29 is 5.11 Å². The third-order valence-electron chi connectivity index (χ3n) is 2.16. The molecule has 0 atom stereocenters. The van der Waals surface area contributed by atoms with Gasteiger partial charge in [-0.2, -0.15) is 5.26 Å². The monoisotopic (exact) mass is 236 g/mol. The first-order chi connectivity index (χ1) is 7.74. The standard InChI is InChI=1S/C12H13ClN2O/c1-2-6-15(7-8-16)12-5-3-4-11(13)10(12)9-14/h2-5,16H,1,6-8H2. The third kappa shape index (κ3) is 2.75. The largest absolute Gasteiger partial charge is 0.395 e. The van der Waals surface area contributed by atoms with Crippen LogP contribution >= 0.6 is 11.6 Å². The minimum absolute atomic E-state index is 0.0191. The molecular formula is C12H13ClN2O. The predicted octanol–water partition coefficient (Wildman–Crippen LogP) is 2.20. The van der Waals surface area contributed by atoms with Crippen molar-refractivity contribution >= 4 is 17.3 Å². The normalized spacial score (nSPS) is 9.56. The lowest BCUT2D eigenvalue weighted by molar-refractivity contribution is 0.303. The zero-order valence-electron chi connectivity index (χ0n) is 8.86. The summed E-state index contributed by atoms with van der Waals surface area (Å²) in [5, 5.41) is 18.4. The van der Waals surface area contributed by atoms with E-state index in [1.54, 1.807) is 18.2 Å². The summed E-state index contributed by atoms with van der Waals surface area (Å²) >= 11 is 5.94. The first kappa shape index (κ1) is 12.6. The lowest BCUT2D eigenvalue weighted by Crippen LogP contribution is -2.27. The smallest absolute Gasteiger partial charge is 0.103 e. The average molecular weight is 237 g/mol. The van der Waals surface area contributed by atoms with Crippen molar-refractivity contribution in [2.75, 3.05) is 24.6 Å². The summed E-state index contributed by atoms with van der Waals surface area (Å²) in [4.78, 5) is 1.86. The van der Waals surface area contributed by atoms with Crippen molar-refractivity contribution in [3.63, 3.8) is 0 Å². The predicted molar refractivity (Wildman–Crippen MR) is 65.7 cm³/mol. The number of aliphatic hydroxyl groups excluding tert-OH is 1. The highest BCUT2D eigenvalue weighted by atomic mass is 35.5. The van der Waals surface area contributed by atoms with Gasteiger partial charge in [-0.15, -0.1) is 6.58 Å². The minimum Gasteiger partial charge on any atom is -0.395 e. The van der Waals surface area contributed by atoms with Crippen molar-refractivity contribution in [2.45, 2.75) is 0 Å². The molecule has 0 unspecified atom stereocenters. The van der Waals surface area contributed by atoms with Crippen molar-refractivity contribution in [1.82, 2.24) is 0 Å². The maximum atomic E-state index is 9.04. The Morgan fingerprint density at radius 2 is 2.31 bits per heavy atom. The Kier molecular flexibility index (Phi) is 4.84. The fraction of sp³-hybridized carbons (Fsp3) is 0.250. The molecule has 0 aliphatic rings. The van der Waals surface area contributed by atoms with E-state index in [4.69, 9.17) is 22.0 Å². The van der Waals surface area contributed by atoms with Crippen LogP contribution in [0, 0.1) is 11.3 Å². The molecule has 0 spiro atoms. The van der Waals surface area contributed by atoms with Gasteiger partial charge in [0.1, 0.15) is 6.07 Å². The first-order valence-corrected chi connectivity index (χ1v) is 5.27. The molecule has 1 rings (SSSR count). The molecule has 84 valence electrons. The Morgan fingerprint density at radius 3 is 2.88 bits per heavy atom. The molecule has 1 N–H and O–H groups in total. The van der Waals surface area contributed by atoms with E-state index in [1.165, 1.54) is 0 Å². The average Bonchev–Trinajstić information content (AvgIpc) is 2.28. The van der Waals surface area contributed by atoms with Gasteiger partial charge in [-0.25, -0.2) is 0 Å². The van der Waals surface area contributed by atoms with E-state index >= 15 is 0 Å². The van der Waals surface area contributed by atoms with Crippen LogP contribution in [0.2, 0.25) is 5.02 Å². The summed E-state index contributed by atoms with van der Waals surface area (Å²) in [5.74, 6) is 0. The number of nitrogens with zero attached hydrogens (tertiary/aromatic N) is 2. The van der Waals surface area contributed by atoms with Crippen LogP contribution in [0.1, 0.15) is 5.56 Å². The maximum Gasteiger partial charge on any atom is 0.103 e. The fourth-order valence-electron chi connectivity index (χ4n) is 1.47. The van der Waals surface area contributed by atoms with E-state index in [0.29, 0.717) is 23.7 Å². The van der Waals surface area contributed by atoms with Crippen molar-refractivity contribution in [3.8, 4) is 6.07 Å². The topological polar surface area (TPSA) is 47.3 Å². The van der Waals surface area contributed by atoms with Gasteiger partial charge in [-0.3, -0.25) is 0 Å². The first-order valence-electron chi connectivity index (χ1n) is 4.90. The van der Waals surface area contributed by atoms with Crippen LogP contribution < -0.4 is 4.90 Å². The second kappa shape index (κ2) is 6.16. The van der Waals surface area contributed by atoms with Gasteiger partial charge < -0.3 is 10.0 Å². The number of benzene rings is 1. The highest BCUT2D eigenvalue weighted by Crippen LogP contribution is 2.26. The zero-order chi connectivity index (χ0) is 12.0. The Labute approximate surface area is 100 Å². The number of hydrogen-bond donors (Lipinski definition) is 1. The molecule has 0 radical (unpaired) electrons. The number of nitriles is 1. The van der Waals surface area contributed by atoms with Gasteiger partial charge in [-0.1, -0.05) is 23.7 Å².